The van der Waals surface area contributed by atoms with Crippen molar-refractivity contribution in [2.24, 2.45) is 5.92 Å². The van der Waals surface area contributed by atoms with Crippen molar-refractivity contribution in [2.45, 2.75) is 44.9 Å². The molecule has 0 amide bonds. The molecule has 2 rings (SSSR count). The molecule has 0 saturated carbocycles. The molecule has 4 nitrogen and oxygen atoms in total. The number of hydrogen-bond acceptors (Lipinski definition) is 2. The van der Waals surface area contributed by atoms with Crippen LogP contribution in [0.25, 0.3) is 0 Å². The van der Waals surface area contributed by atoms with Crippen LogP contribution < -0.4 is 0 Å². The summed E-state index contributed by atoms with van der Waals surface area (Å²) in [6.07, 6.45) is 7.30. The van der Waals surface area contributed by atoms with Gasteiger partial charge in [-0.3, -0.25) is 0 Å². The zero-order valence-corrected chi connectivity index (χ0v) is 13.1. The van der Waals surface area contributed by atoms with Crippen molar-refractivity contribution in [3.8, 4) is 0 Å². The molecular weight excluding hydrogens is 284 g/mol. The molecule has 0 aromatic carbocycles. The van der Waals surface area contributed by atoms with E-state index in [0.29, 0.717) is 38.0 Å². The van der Waals surface area contributed by atoms with Crippen LogP contribution in [-0.4, -0.2) is 49.1 Å². The Bertz CT molecular complexity index is 365. The maximum absolute atomic E-state index is 12.7. The predicted molar refractivity (Wildman–Crippen MR) is 78.6 cm³/mol. The minimum Gasteiger partial charge on any atom is -0.195 e. The first-order valence-electron chi connectivity index (χ1n) is 7.46. The van der Waals surface area contributed by atoms with Gasteiger partial charge in [0.1, 0.15) is 0 Å². The molecule has 2 saturated heterocycles. The lowest BCUT2D eigenvalue weighted by Crippen LogP contribution is -2.48. The zero-order chi connectivity index (χ0) is 13.7. The largest absolute Gasteiger partial charge is 0.281 e. The number of halogens is 1. The van der Waals surface area contributed by atoms with Crippen LogP contribution in [-0.2, 0) is 10.2 Å². The number of rotatable bonds is 4. The van der Waals surface area contributed by atoms with Crippen LogP contribution in [0.15, 0.2) is 0 Å². The maximum atomic E-state index is 12.7. The fraction of sp³-hybridized carbons (Fsp3) is 1.00. The fourth-order valence-electron chi connectivity index (χ4n) is 3.06. The Morgan fingerprint density at radius 3 is 2.21 bits per heavy atom. The van der Waals surface area contributed by atoms with Crippen molar-refractivity contribution in [3.63, 3.8) is 0 Å². The van der Waals surface area contributed by atoms with Crippen molar-refractivity contribution in [1.29, 1.82) is 0 Å². The van der Waals surface area contributed by atoms with E-state index in [1.165, 1.54) is 0 Å². The average Bonchev–Trinajstić information content (AvgIpc) is 2.69. The van der Waals surface area contributed by atoms with E-state index in [4.69, 9.17) is 11.6 Å². The molecule has 2 fully saturated rings. The van der Waals surface area contributed by atoms with E-state index in [0.717, 1.165) is 44.9 Å². The molecule has 0 aromatic rings. The quantitative estimate of drug-likeness (QED) is 0.749. The van der Waals surface area contributed by atoms with Gasteiger partial charge in [0.05, 0.1) is 0 Å². The summed E-state index contributed by atoms with van der Waals surface area (Å²) in [4.78, 5) is 0. The molecule has 0 spiro atoms. The Morgan fingerprint density at radius 1 is 0.947 bits per heavy atom. The van der Waals surface area contributed by atoms with Gasteiger partial charge in [0.15, 0.2) is 0 Å². The van der Waals surface area contributed by atoms with Gasteiger partial charge in [0.2, 0.25) is 0 Å². The second-order valence-electron chi connectivity index (χ2n) is 5.66. The molecule has 1 unspecified atom stereocenters. The minimum atomic E-state index is -3.24. The number of nitrogens with zero attached hydrogens (tertiary/aromatic N) is 2. The third kappa shape index (κ3) is 4.06. The monoisotopic (exact) mass is 308 g/mol. The first-order chi connectivity index (χ1) is 9.14. The highest BCUT2D eigenvalue weighted by molar-refractivity contribution is 7.86. The van der Waals surface area contributed by atoms with Crippen molar-refractivity contribution in [2.75, 3.05) is 32.1 Å². The smallest absolute Gasteiger partial charge is 0.195 e. The standard InChI is InChI=1S/C13H25ClN2O2S/c14-8-7-13-6-5-11-16(12-13)19(17,18)15-9-3-1-2-4-10-15/h13H,1-12H2. The molecule has 19 heavy (non-hydrogen) atoms. The summed E-state index contributed by atoms with van der Waals surface area (Å²) < 4.78 is 28.7. The van der Waals surface area contributed by atoms with Gasteiger partial charge in [-0.2, -0.15) is 17.0 Å². The molecule has 0 bridgehead atoms. The lowest BCUT2D eigenvalue weighted by Gasteiger charge is -2.35. The zero-order valence-electron chi connectivity index (χ0n) is 11.6. The molecule has 0 N–H and O–H groups in total. The molecule has 2 aliphatic heterocycles. The van der Waals surface area contributed by atoms with E-state index in [1.54, 1.807) is 8.61 Å². The third-order valence-electron chi connectivity index (χ3n) is 4.22. The van der Waals surface area contributed by atoms with Crippen LogP contribution in [0.5, 0.6) is 0 Å². The Morgan fingerprint density at radius 2 is 1.58 bits per heavy atom. The first kappa shape index (κ1) is 15.5. The van der Waals surface area contributed by atoms with Crippen LogP contribution in [0.1, 0.15) is 44.9 Å². The van der Waals surface area contributed by atoms with Crippen LogP contribution in [0.2, 0.25) is 0 Å². The van der Waals surface area contributed by atoms with Crippen LogP contribution >= 0.6 is 11.6 Å². The number of hydrogen-bond donors (Lipinski definition) is 0. The Kier molecular flexibility index (Phi) is 5.93. The van der Waals surface area contributed by atoms with Crippen molar-refractivity contribution in [1.82, 2.24) is 8.61 Å². The van der Waals surface area contributed by atoms with Gasteiger partial charge in [0.25, 0.3) is 10.2 Å². The van der Waals surface area contributed by atoms with Gasteiger partial charge >= 0.3 is 0 Å². The topological polar surface area (TPSA) is 40.6 Å². The molecule has 1 atom stereocenters. The molecule has 0 aromatic heterocycles. The summed E-state index contributed by atoms with van der Waals surface area (Å²) >= 11 is 5.79. The van der Waals surface area contributed by atoms with Gasteiger partial charge in [-0.05, 0) is 38.0 Å². The van der Waals surface area contributed by atoms with Gasteiger partial charge in [-0.1, -0.05) is 12.8 Å². The van der Waals surface area contributed by atoms with Crippen LogP contribution in [0, 0.1) is 5.92 Å². The van der Waals surface area contributed by atoms with Gasteiger partial charge in [-0.25, -0.2) is 0 Å². The van der Waals surface area contributed by atoms with E-state index < -0.39 is 10.2 Å². The average molecular weight is 309 g/mol. The lowest BCUT2D eigenvalue weighted by molar-refractivity contribution is 0.243. The van der Waals surface area contributed by atoms with Crippen LogP contribution in [0.3, 0.4) is 0 Å². The molecule has 2 heterocycles. The van der Waals surface area contributed by atoms with Crippen LogP contribution in [0.4, 0.5) is 0 Å². The predicted octanol–water partition coefficient (Wildman–Crippen LogP) is 2.45. The highest BCUT2D eigenvalue weighted by Gasteiger charge is 2.33. The summed E-state index contributed by atoms with van der Waals surface area (Å²) in [7, 11) is -3.24. The van der Waals surface area contributed by atoms with E-state index >= 15 is 0 Å². The first-order valence-corrected chi connectivity index (χ1v) is 9.39. The summed E-state index contributed by atoms with van der Waals surface area (Å²) in [5.74, 6) is 1.07. The lowest BCUT2D eigenvalue weighted by atomic mass is 9.97. The summed E-state index contributed by atoms with van der Waals surface area (Å²) in [6, 6.07) is 0. The van der Waals surface area contributed by atoms with E-state index in [2.05, 4.69) is 0 Å². The Balaban J connectivity index is 2.01. The van der Waals surface area contributed by atoms with E-state index in [9.17, 15) is 8.42 Å². The van der Waals surface area contributed by atoms with Gasteiger partial charge in [0, 0.05) is 32.1 Å². The molecule has 0 aliphatic carbocycles. The second-order valence-corrected chi connectivity index (χ2v) is 7.97. The maximum Gasteiger partial charge on any atom is 0.281 e. The normalized spacial score (nSPS) is 28.2. The van der Waals surface area contributed by atoms with E-state index in [1.807, 2.05) is 0 Å². The minimum absolute atomic E-state index is 0.438. The molecule has 112 valence electrons. The molecule has 0 radical (unpaired) electrons. The van der Waals surface area contributed by atoms with Gasteiger partial charge in [-0.15, -0.1) is 11.6 Å². The highest BCUT2D eigenvalue weighted by Crippen LogP contribution is 2.25. The Labute approximate surface area is 122 Å². The SMILES string of the molecule is O=S(=O)(N1CCCCCC1)N1CCCC(CCCl)C1. The summed E-state index contributed by atoms with van der Waals surface area (Å²) in [5.41, 5.74) is 0. The number of piperidine rings is 1. The third-order valence-corrected chi connectivity index (χ3v) is 6.44. The van der Waals surface area contributed by atoms with Crippen molar-refractivity contribution >= 4 is 21.8 Å². The molecule has 2 aliphatic rings. The number of alkyl halides is 1. The summed E-state index contributed by atoms with van der Waals surface area (Å²) in [5, 5.41) is 0. The van der Waals surface area contributed by atoms with Crippen molar-refractivity contribution < 1.29 is 8.42 Å². The van der Waals surface area contributed by atoms with Gasteiger partial charge < -0.3 is 0 Å². The molecule has 6 heteroatoms. The summed E-state index contributed by atoms with van der Waals surface area (Å²) in [6.45, 7) is 2.72. The highest BCUT2D eigenvalue weighted by atomic mass is 35.5. The fourth-order valence-corrected chi connectivity index (χ4v) is 5.18. The van der Waals surface area contributed by atoms with E-state index in [-0.39, 0.29) is 0 Å². The Hall–Kier alpha value is 0.160. The molecular formula is C13H25ClN2O2S. The second kappa shape index (κ2) is 7.25. The van der Waals surface area contributed by atoms with Crippen molar-refractivity contribution in [3.05, 3.63) is 0 Å².